The number of aliphatic hydroxyl groups is 2. The van der Waals surface area contributed by atoms with Gasteiger partial charge in [-0.3, -0.25) is 0 Å². The van der Waals surface area contributed by atoms with Crippen molar-refractivity contribution in [1.29, 1.82) is 0 Å². The number of hydrogen-bond donors (Lipinski definition) is 2. The molecule has 0 radical (unpaired) electrons. The van der Waals surface area contributed by atoms with E-state index in [1.165, 1.54) is 0 Å². The van der Waals surface area contributed by atoms with E-state index < -0.39 is 16.5 Å². The predicted molar refractivity (Wildman–Crippen MR) is 77.5 cm³/mol. The third-order valence-electron chi connectivity index (χ3n) is 2.04. The summed E-state index contributed by atoms with van der Waals surface area (Å²) in [6, 6.07) is 0. The molecule has 0 aromatic rings. The van der Waals surface area contributed by atoms with E-state index in [1.54, 1.807) is 0 Å². The van der Waals surface area contributed by atoms with Crippen LogP contribution in [-0.4, -0.2) is 74.4 Å². The first kappa shape index (κ1) is 27.3. The van der Waals surface area contributed by atoms with E-state index in [-0.39, 0.29) is 64.2 Å². The van der Waals surface area contributed by atoms with E-state index in [9.17, 15) is 18.9 Å². The molecule has 124 valence electrons. The second-order valence-electron chi connectivity index (χ2n) is 3.77. The first-order chi connectivity index (χ1) is 9.54. The average molecular weight is 374 g/mol. The zero-order valence-corrected chi connectivity index (χ0v) is 16.3. The van der Waals surface area contributed by atoms with Crippen LogP contribution in [0.25, 0.3) is 0 Å². The van der Waals surface area contributed by atoms with Gasteiger partial charge in [-0.1, -0.05) is 0 Å². The average Bonchev–Trinajstić information content (AvgIpc) is 2.38. The monoisotopic (exact) mass is 374 g/mol. The van der Waals surface area contributed by atoms with Crippen molar-refractivity contribution < 1.29 is 38.2 Å². The largest absolute Gasteiger partial charge is 2.00 e. The molecule has 0 aliphatic heterocycles. The van der Waals surface area contributed by atoms with Crippen molar-refractivity contribution in [3.63, 3.8) is 0 Å². The van der Waals surface area contributed by atoms with Gasteiger partial charge in [0.2, 0.25) is 0 Å². The summed E-state index contributed by atoms with van der Waals surface area (Å²) in [5, 5.41) is 16.6. The summed E-state index contributed by atoms with van der Waals surface area (Å²) in [5.74, 6) is 0. The van der Waals surface area contributed by atoms with Gasteiger partial charge in [-0.2, -0.15) is 0 Å². The third kappa shape index (κ3) is 34.0. The Kier molecular flexibility index (Phi) is 30.9. The summed E-state index contributed by atoms with van der Waals surface area (Å²) in [5.41, 5.74) is 0. The Hall–Kier alpha value is 1.48. The number of aliphatic hydroxyl groups excluding tert-OH is 2. The maximum absolute atomic E-state index is 9.83. The van der Waals surface area contributed by atoms with Gasteiger partial charge in [0.05, 0.1) is 13.2 Å². The van der Waals surface area contributed by atoms with Gasteiger partial charge < -0.3 is 38.2 Å². The summed E-state index contributed by atoms with van der Waals surface area (Å²) in [6.45, 7) is 0.821. The molecule has 0 fully saturated rings. The van der Waals surface area contributed by atoms with Gasteiger partial charge in [0.15, 0.2) is 0 Å². The molecule has 2 N–H and O–H groups in total. The molecular formula is C10H24CaO8P2. The van der Waals surface area contributed by atoms with E-state index in [0.717, 1.165) is 12.8 Å². The molecule has 0 heterocycles. The van der Waals surface area contributed by atoms with Crippen LogP contribution in [0.5, 0.6) is 0 Å². The van der Waals surface area contributed by atoms with E-state index in [4.69, 9.17) is 10.2 Å². The summed E-state index contributed by atoms with van der Waals surface area (Å²) in [4.78, 5) is 19.7. The van der Waals surface area contributed by atoms with Crippen LogP contribution >= 0.6 is 16.5 Å². The van der Waals surface area contributed by atoms with Crippen LogP contribution < -0.4 is 9.79 Å². The van der Waals surface area contributed by atoms with Gasteiger partial charge in [0, 0.05) is 13.2 Å². The van der Waals surface area contributed by atoms with Crippen LogP contribution in [0.1, 0.15) is 38.5 Å². The Balaban J connectivity index is -0.000000295. The van der Waals surface area contributed by atoms with Crippen LogP contribution in [0.2, 0.25) is 0 Å². The van der Waals surface area contributed by atoms with Gasteiger partial charge in [0.25, 0.3) is 0 Å². The summed E-state index contributed by atoms with van der Waals surface area (Å²) >= 11 is 0. The number of unbranched alkanes of at least 4 members (excludes halogenated alkanes) is 4. The Morgan fingerprint density at radius 2 is 1.05 bits per heavy atom. The Morgan fingerprint density at radius 1 is 0.714 bits per heavy atom. The SMILES string of the molecule is O=[PH]([O-])OCCCCCO.O=[PH]([O-])OCCCCCO.[Ca+2]. The molecule has 2 atom stereocenters. The standard InChI is InChI=1S/2C5H13O4P.Ca/c2*6-4-2-1-3-5-9-10(7)8;/h2*6,10H,1-5H2,(H,7,8);/q;;+2/p-2. The Bertz CT molecular complexity index is 221. The predicted octanol–water partition coefficient (Wildman–Crippen LogP) is -0.550. The first-order valence-electron chi connectivity index (χ1n) is 6.43. The zero-order chi connectivity index (χ0) is 15.6. The van der Waals surface area contributed by atoms with Crippen molar-refractivity contribution in [1.82, 2.24) is 0 Å². The van der Waals surface area contributed by atoms with Crippen LogP contribution in [0.4, 0.5) is 0 Å². The summed E-state index contributed by atoms with van der Waals surface area (Å²) in [6.07, 6.45) is 4.43. The minimum Gasteiger partial charge on any atom is -0.781 e. The molecule has 2 unspecified atom stereocenters. The van der Waals surface area contributed by atoms with Crippen molar-refractivity contribution in [3.8, 4) is 0 Å². The zero-order valence-electron chi connectivity index (χ0n) is 12.1. The molecule has 21 heavy (non-hydrogen) atoms. The molecule has 0 rings (SSSR count). The minimum atomic E-state index is -2.98. The molecular weight excluding hydrogens is 350 g/mol. The molecule has 0 saturated carbocycles. The fourth-order valence-corrected chi connectivity index (χ4v) is 1.71. The van der Waals surface area contributed by atoms with Gasteiger partial charge in [-0.05, 0) is 38.5 Å². The molecule has 0 aliphatic rings. The molecule has 0 saturated heterocycles. The van der Waals surface area contributed by atoms with Crippen LogP contribution in [0, 0.1) is 0 Å². The molecule has 0 aromatic carbocycles. The first-order valence-corrected chi connectivity index (χ1v) is 8.88. The van der Waals surface area contributed by atoms with E-state index >= 15 is 0 Å². The maximum Gasteiger partial charge on any atom is 2.00 e. The molecule has 8 nitrogen and oxygen atoms in total. The molecule has 0 bridgehead atoms. The van der Waals surface area contributed by atoms with Crippen molar-refractivity contribution in [2.24, 2.45) is 0 Å². The Morgan fingerprint density at radius 3 is 1.29 bits per heavy atom. The van der Waals surface area contributed by atoms with Crippen molar-refractivity contribution in [2.75, 3.05) is 26.4 Å². The van der Waals surface area contributed by atoms with Crippen LogP contribution in [0.15, 0.2) is 0 Å². The van der Waals surface area contributed by atoms with Crippen molar-refractivity contribution in [2.45, 2.75) is 38.5 Å². The van der Waals surface area contributed by atoms with Gasteiger partial charge in [-0.25, -0.2) is 0 Å². The third-order valence-corrected chi connectivity index (χ3v) is 2.92. The molecule has 11 heteroatoms. The van der Waals surface area contributed by atoms with Crippen LogP contribution in [0.3, 0.4) is 0 Å². The minimum absolute atomic E-state index is 0. The van der Waals surface area contributed by atoms with Gasteiger partial charge in [0.1, 0.15) is 16.5 Å². The summed E-state index contributed by atoms with van der Waals surface area (Å²) < 4.78 is 28.3. The topological polar surface area (TPSA) is 139 Å². The van der Waals surface area contributed by atoms with Crippen LogP contribution in [-0.2, 0) is 18.2 Å². The number of hydrogen-bond acceptors (Lipinski definition) is 8. The summed E-state index contributed by atoms with van der Waals surface area (Å²) in [7, 11) is -5.97. The maximum atomic E-state index is 9.83. The van der Waals surface area contributed by atoms with Gasteiger partial charge >= 0.3 is 37.7 Å². The normalized spacial score (nSPS) is 12.8. The smallest absolute Gasteiger partial charge is 0.781 e. The van der Waals surface area contributed by atoms with E-state index in [0.29, 0.717) is 25.7 Å². The fourth-order valence-electron chi connectivity index (χ4n) is 1.09. The van der Waals surface area contributed by atoms with Crippen molar-refractivity contribution in [3.05, 3.63) is 0 Å². The molecule has 0 spiro atoms. The molecule has 0 amide bonds. The fraction of sp³-hybridized carbons (Fsp3) is 1.00. The van der Waals surface area contributed by atoms with E-state index in [2.05, 4.69) is 9.05 Å². The number of rotatable bonds is 12. The van der Waals surface area contributed by atoms with Crippen molar-refractivity contribution >= 4 is 54.2 Å². The Labute approximate surface area is 156 Å². The quantitative estimate of drug-likeness (QED) is 0.263. The second-order valence-corrected chi connectivity index (χ2v) is 5.34. The molecule has 0 aliphatic carbocycles. The van der Waals surface area contributed by atoms with E-state index in [1.807, 2.05) is 0 Å². The second kappa shape index (κ2) is 23.7. The van der Waals surface area contributed by atoms with Gasteiger partial charge in [-0.15, -0.1) is 0 Å². The molecule has 0 aromatic heterocycles.